The molecule has 5 rings (SSSR count). The molecule has 2 saturated carbocycles. The fourth-order valence-electron chi connectivity index (χ4n) is 5.13. The van der Waals surface area contributed by atoms with E-state index in [0.717, 1.165) is 41.7 Å². The maximum atomic E-state index is 14.3. The molecule has 1 atom stereocenters. The third-order valence-electron chi connectivity index (χ3n) is 7.50. The number of aromatic nitrogens is 2. The number of thiazole rings is 1. The number of nitrogens with two attached hydrogens (primary N) is 1. The van der Waals surface area contributed by atoms with Crippen molar-refractivity contribution < 1.29 is 28.7 Å². The lowest BCUT2D eigenvalue weighted by molar-refractivity contribution is 0.0567. The summed E-state index contributed by atoms with van der Waals surface area (Å²) >= 11 is 1.33. The van der Waals surface area contributed by atoms with E-state index in [4.69, 9.17) is 15.3 Å². The lowest BCUT2D eigenvalue weighted by Crippen LogP contribution is -2.47. The zero-order valence-electron chi connectivity index (χ0n) is 24.1. The Bertz CT molecular complexity index is 1510. The van der Waals surface area contributed by atoms with Gasteiger partial charge in [0.25, 0.3) is 11.8 Å². The minimum atomic E-state index is -1.16. The molecule has 0 saturated heterocycles. The van der Waals surface area contributed by atoms with Crippen LogP contribution in [0.5, 0.6) is 11.5 Å². The molecule has 13 heteroatoms. The van der Waals surface area contributed by atoms with Crippen LogP contribution in [0.4, 0.5) is 9.93 Å². The number of carbonyl (C=O) groups is 3. The van der Waals surface area contributed by atoms with Crippen LogP contribution in [0.1, 0.15) is 66.9 Å². The summed E-state index contributed by atoms with van der Waals surface area (Å²) in [5.74, 6) is 5.22. The number of hydrogen-bond donors (Lipinski definition) is 2. The normalized spacial score (nSPS) is 15.4. The summed E-state index contributed by atoms with van der Waals surface area (Å²) in [6, 6.07) is 3.01. The third-order valence-corrected chi connectivity index (χ3v) is 8.38. The molecule has 3 aromatic rings. The number of amides is 3. The van der Waals surface area contributed by atoms with Gasteiger partial charge in [0.15, 0.2) is 16.6 Å². The number of hydrazine groups is 1. The maximum absolute atomic E-state index is 14.3. The van der Waals surface area contributed by atoms with Crippen molar-refractivity contribution in [2.45, 2.75) is 58.0 Å². The minimum absolute atomic E-state index is 0.0584. The van der Waals surface area contributed by atoms with E-state index < -0.39 is 23.9 Å². The number of methoxy groups -OCH3 is 2. The molecule has 42 heavy (non-hydrogen) atoms. The molecular formula is C29H35N6O6S. The van der Waals surface area contributed by atoms with Crippen molar-refractivity contribution >= 4 is 51.5 Å². The Morgan fingerprint density at radius 3 is 2.38 bits per heavy atom. The molecule has 3 N–H and O–H groups in total. The van der Waals surface area contributed by atoms with Crippen molar-refractivity contribution in [3.8, 4) is 11.5 Å². The molecule has 2 aromatic heterocycles. The summed E-state index contributed by atoms with van der Waals surface area (Å²) in [5, 5.41) is 2.78. The zero-order chi connectivity index (χ0) is 30.1. The predicted octanol–water partition coefficient (Wildman–Crippen LogP) is 3.73. The van der Waals surface area contributed by atoms with Gasteiger partial charge < -0.3 is 14.4 Å². The molecule has 1 radical (unpaired) electrons. The zero-order valence-corrected chi connectivity index (χ0v) is 24.9. The van der Waals surface area contributed by atoms with Crippen LogP contribution < -0.4 is 25.6 Å². The fourth-order valence-corrected chi connectivity index (χ4v) is 6.01. The summed E-state index contributed by atoms with van der Waals surface area (Å²) in [7, 11) is 2.91. The number of carbonyl (C=O) groups excluding carboxylic acids is 4. The molecule has 2 aliphatic carbocycles. The molecule has 0 unspecified atom stereocenters. The summed E-state index contributed by atoms with van der Waals surface area (Å²) in [6.07, 6.45) is 6.12. The fraction of sp³-hybridized carbons (Fsp3) is 0.483. The average Bonchev–Trinajstić information content (AvgIpc) is 3.91. The molecule has 2 heterocycles. The molecule has 0 bridgehead atoms. The van der Waals surface area contributed by atoms with Crippen LogP contribution in [0.15, 0.2) is 23.6 Å². The van der Waals surface area contributed by atoms with Crippen LogP contribution in [0.3, 0.4) is 0 Å². The topological polar surface area (TPSA) is 149 Å². The standard InChI is InChI=1S/C29H35N6O6S/c1-16(2)13-33(19-7-8-19)29-31-21(15-42-29)26(37)34(20(14-36)9-17-5-6-17)27(38)23-10-18-11-24(40-3)25(41-4)12-22(18)35(23)28(39)32-30/h10-12,15-17,19-20H,5-9,13,30H2,1-4H3,(H,32,39)/t20-/m0/s1. The molecule has 1 aromatic carbocycles. The first kappa shape index (κ1) is 29.5. The summed E-state index contributed by atoms with van der Waals surface area (Å²) < 4.78 is 11.8. The number of imide groups is 1. The SMILES string of the molecule is COc1cc2cc(C(=O)N(C(=O)c3csc(N(CC(C)C)C4CC4)n3)[C@H]([C]=O)CC3CC3)n(C(=O)NN)c2cc1OC. The van der Waals surface area contributed by atoms with E-state index in [9.17, 15) is 19.2 Å². The van der Waals surface area contributed by atoms with E-state index >= 15 is 0 Å². The Morgan fingerprint density at radius 2 is 1.81 bits per heavy atom. The maximum Gasteiger partial charge on any atom is 0.340 e. The quantitative estimate of drug-likeness (QED) is 0.138. The highest BCUT2D eigenvalue weighted by Gasteiger charge is 2.39. The van der Waals surface area contributed by atoms with Crippen molar-refractivity contribution in [3.05, 3.63) is 35.0 Å². The Balaban J connectivity index is 1.58. The van der Waals surface area contributed by atoms with Crippen molar-refractivity contribution in [3.63, 3.8) is 0 Å². The van der Waals surface area contributed by atoms with Gasteiger partial charge in [-0.1, -0.05) is 26.7 Å². The van der Waals surface area contributed by atoms with Gasteiger partial charge in [-0.25, -0.2) is 15.6 Å². The number of nitrogens with zero attached hydrogens (tertiary/aromatic N) is 4. The number of ether oxygens (including phenoxy) is 2. The van der Waals surface area contributed by atoms with Crippen molar-refractivity contribution in [1.29, 1.82) is 0 Å². The summed E-state index contributed by atoms with van der Waals surface area (Å²) in [4.78, 5) is 61.3. The first-order chi connectivity index (χ1) is 20.2. The largest absolute Gasteiger partial charge is 0.493 e. The van der Waals surface area contributed by atoms with E-state index in [1.807, 2.05) is 6.29 Å². The lowest BCUT2D eigenvalue weighted by Gasteiger charge is -2.26. The van der Waals surface area contributed by atoms with E-state index in [-0.39, 0.29) is 23.7 Å². The smallest absolute Gasteiger partial charge is 0.340 e. The van der Waals surface area contributed by atoms with Crippen LogP contribution in [-0.4, -0.2) is 71.4 Å². The van der Waals surface area contributed by atoms with Gasteiger partial charge in [0.05, 0.1) is 19.7 Å². The van der Waals surface area contributed by atoms with Gasteiger partial charge in [-0.2, -0.15) is 0 Å². The second-order valence-corrected chi connectivity index (χ2v) is 12.0. The molecule has 223 valence electrons. The third kappa shape index (κ3) is 5.84. The Morgan fingerprint density at radius 1 is 1.12 bits per heavy atom. The highest BCUT2D eigenvalue weighted by molar-refractivity contribution is 7.14. The van der Waals surface area contributed by atoms with Crippen molar-refractivity contribution in [1.82, 2.24) is 19.9 Å². The van der Waals surface area contributed by atoms with Crippen LogP contribution in [0.25, 0.3) is 10.9 Å². The number of hydrogen-bond acceptors (Lipinski definition) is 10. The highest BCUT2D eigenvalue weighted by atomic mass is 32.1. The van der Waals surface area contributed by atoms with Gasteiger partial charge in [-0.3, -0.25) is 29.3 Å². The van der Waals surface area contributed by atoms with Gasteiger partial charge in [0, 0.05) is 29.4 Å². The Kier molecular flexibility index (Phi) is 8.50. The second kappa shape index (κ2) is 12.1. The first-order valence-electron chi connectivity index (χ1n) is 14.0. The van der Waals surface area contributed by atoms with E-state index in [1.54, 1.807) is 11.4 Å². The minimum Gasteiger partial charge on any atom is -0.493 e. The van der Waals surface area contributed by atoms with E-state index in [2.05, 4.69) is 29.2 Å². The van der Waals surface area contributed by atoms with Crippen molar-refractivity contribution in [2.24, 2.45) is 17.7 Å². The van der Waals surface area contributed by atoms with Gasteiger partial charge >= 0.3 is 6.03 Å². The van der Waals surface area contributed by atoms with Gasteiger partial charge in [-0.15, -0.1) is 11.3 Å². The van der Waals surface area contributed by atoms with Crippen LogP contribution >= 0.6 is 11.3 Å². The Hall–Kier alpha value is -3.97. The Labute approximate surface area is 247 Å². The summed E-state index contributed by atoms with van der Waals surface area (Å²) in [6.45, 7) is 5.04. The second-order valence-electron chi connectivity index (χ2n) is 11.2. The summed E-state index contributed by atoms with van der Waals surface area (Å²) in [5.41, 5.74) is 2.25. The number of nitrogens with one attached hydrogen (secondary N) is 1. The monoisotopic (exact) mass is 595 g/mol. The lowest BCUT2D eigenvalue weighted by atomic mass is 10.1. The van der Waals surface area contributed by atoms with Gasteiger partial charge in [0.1, 0.15) is 17.4 Å². The predicted molar refractivity (Wildman–Crippen MR) is 158 cm³/mol. The molecule has 0 aliphatic heterocycles. The van der Waals surface area contributed by atoms with Gasteiger partial charge in [0.2, 0.25) is 6.29 Å². The first-order valence-corrected chi connectivity index (χ1v) is 14.8. The molecular weight excluding hydrogens is 560 g/mol. The molecule has 2 fully saturated rings. The molecule has 2 aliphatic rings. The number of rotatable bonds is 12. The van der Waals surface area contributed by atoms with Crippen LogP contribution in [0, 0.1) is 11.8 Å². The van der Waals surface area contributed by atoms with E-state index in [1.165, 1.54) is 37.7 Å². The number of benzene rings is 1. The molecule has 0 spiro atoms. The highest BCUT2D eigenvalue weighted by Crippen LogP contribution is 2.38. The average molecular weight is 596 g/mol. The van der Waals surface area contributed by atoms with Crippen molar-refractivity contribution in [2.75, 3.05) is 25.7 Å². The number of fused-ring (bicyclic) bond motifs is 1. The van der Waals surface area contributed by atoms with Crippen LogP contribution in [0.2, 0.25) is 0 Å². The molecule has 3 amide bonds. The number of anilines is 1. The number of nitrogen functional groups attached to an aromatic ring is 1. The van der Waals surface area contributed by atoms with E-state index in [0.29, 0.717) is 39.5 Å². The molecule has 12 nitrogen and oxygen atoms in total. The van der Waals surface area contributed by atoms with Gasteiger partial charge in [-0.05, 0) is 43.2 Å². The van der Waals surface area contributed by atoms with Crippen LogP contribution in [-0.2, 0) is 4.79 Å².